The zero-order valence-corrected chi connectivity index (χ0v) is 21.5. The van der Waals surface area contributed by atoms with Crippen molar-refractivity contribution in [2.45, 2.75) is 33.2 Å². The highest BCUT2D eigenvalue weighted by molar-refractivity contribution is 6.04. The van der Waals surface area contributed by atoms with Crippen LogP contribution in [-0.4, -0.2) is 66.7 Å². The number of carboxylic acid groups (broad SMARTS) is 1. The Balaban J connectivity index is 1.40. The number of aromatic nitrogens is 4. The number of anilines is 2. The number of nitrogens with zero attached hydrogens (tertiary/aromatic N) is 6. The van der Waals surface area contributed by atoms with Crippen LogP contribution in [0.4, 0.5) is 20.9 Å². The number of nitrogens with one attached hydrogen (secondary N) is 1. The summed E-state index contributed by atoms with van der Waals surface area (Å²) in [6, 6.07) is 8.48. The number of benzene rings is 1. The fraction of sp³-hybridized carbons (Fsp3) is 0.346. The number of amides is 2. The van der Waals surface area contributed by atoms with Crippen molar-refractivity contribution >= 4 is 29.3 Å². The first kappa shape index (κ1) is 25.2. The van der Waals surface area contributed by atoms with Crippen LogP contribution in [0.3, 0.4) is 0 Å². The Labute approximate surface area is 217 Å². The summed E-state index contributed by atoms with van der Waals surface area (Å²) in [6.45, 7) is 8.41. The third-order valence-corrected chi connectivity index (χ3v) is 7.38. The van der Waals surface area contributed by atoms with E-state index in [0.29, 0.717) is 30.0 Å². The summed E-state index contributed by atoms with van der Waals surface area (Å²) >= 11 is 0. The lowest BCUT2D eigenvalue weighted by molar-refractivity contribution is 0.0465. The summed E-state index contributed by atoms with van der Waals surface area (Å²) in [4.78, 5) is 36.8. The number of carbonyl (C=O) groups excluding carboxylic acids is 1. The molecule has 5 rings (SSSR count). The number of rotatable bonds is 5. The Kier molecular flexibility index (Phi) is 6.25. The number of hydrogen-bond acceptors (Lipinski definition) is 7. The Bertz CT molecular complexity index is 1530. The van der Waals surface area contributed by atoms with Crippen molar-refractivity contribution in [3.05, 3.63) is 59.8 Å². The molecule has 1 fully saturated rings. The summed E-state index contributed by atoms with van der Waals surface area (Å²) in [5.41, 5.74) is 1.12. The maximum atomic E-state index is 14.9. The number of piperazine rings is 1. The molecule has 2 amide bonds. The van der Waals surface area contributed by atoms with Crippen LogP contribution in [0, 0.1) is 18.7 Å². The lowest BCUT2D eigenvalue weighted by Gasteiger charge is -2.49. The summed E-state index contributed by atoms with van der Waals surface area (Å²) in [5, 5.41) is 16.5. The maximum absolute atomic E-state index is 14.9. The van der Waals surface area contributed by atoms with Crippen molar-refractivity contribution in [3.63, 3.8) is 0 Å². The molecule has 1 aliphatic rings. The Morgan fingerprint density at radius 2 is 2.03 bits per heavy atom. The van der Waals surface area contributed by atoms with Gasteiger partial charge in [0.05, 0.1) is 11.7 Å². The molecule has 11 nitrogen and oxygen atoms in total. The predicted molar refractivity (Wildman–Crippen MR) is 138 cm³/mol. The van der Waals surface area contributed by atoms with E-state index in [1.165, 1.54) is 17.2 Å². The standard InChI is InChI=1S/C26H28FN7O4/c1-15(2)26(4)14-32(9-10-34(26)25(36)37)24-30-22(31-38-24)17-11-18(27)16(3)19(12-17)29-23(35)20-13-28-21-7-5-6-8-33(20)21/h5-8,11-13,15H,9-10,14H2,1-4H3,(H,29,35)(H,36,37). The first-order valence-corrected chi connectivity index (χ1v) is 12.2. The number of fused-ring (bicyclic) bond motifs is 1. The van der Waals surface area contributed by atoms with Gasteiger partial charge in [0, 0.05) is 42.6 Å². The molecular formula is C26H28FN7O4. The van der Waals surface area contributed by atoms with Crippen LogP contribution in [-0.2, 0) is 0 Å². The van der Waals surface area contributed by atoms with Crippen LogP contribution in [0.2, 0.25) is 0 Å². The van der Waals surface area contributed by atoms with E-state index in [1.807, 2.05) is 31.7 Å². The van der Waals surface area contributed by atoms with E-state index in [2.05, 4.69) is 20.4 Å². The second kappa shape index (κ2) is 9.43. The average Bonchev–Trinajstić information content (AvgIpc) is 3.54. The van der Waals surface area contributed by atoms with Gasteiger partial charge in [0.15, 0.2) is 0 Å². The minimum absolute atomic E-state index is 0.0362. The number of halogens is 1. The molecule has 38 heavy (non-hydrogen) atoms. The molecule has 1 unspecified atom stereocenters. The van der Waals surface area contributed by atoms with Crippen LogP contribution in [0.5, 0.6) is 0 Å². The quantitative estimate of drug-likeness (QED) is 0.398. The average molecular weight is 522 g/mol. The third-order valence-electron chi connectivity index (χ3n) is 7.38. The normalized spacial score (nSPS) is 17.8. The molecule has 1 aromatic carbocycles. The first-order chi connectivity index (χ1) is 18.1. The van der Waals surface area contributed by atoms with E-state index in [-0.39, 0.29) is 35.6 Å². The van der Waals surface area contributed by atoms with Crippen molar-refractivity contribution in [1.29, 1.82) is 0 Å². The second-order valence-electron chi connectivity index (χ2n) is 9.93. The molecule has 1 atom stereocenters. The van der Waals surface area contributed by atoms with E-state index in [0.717, 1.165) is 0 Å². The summed E-state index contributed by atoms with van der Waals surface area (Å²) < 4.78 is 22.1. The number of pyridine rings is 1. The van der Waals surface area contributed by atoms with E-state index in [4.69, 9.17) is 4.52 Å². The fourth-order valence-electron chi connectivity index (χ4n) is 4.68. The molecule has 0 radical (unpaired) electrons. The minimum atomic E-state index is -0.972. The van der Waals surface area contributed by atoms with Gasteiger partial charge in [-0.05, 0) is 44.0 Å². The third kappa shape index (κ3) is 4.31. The molecule has 1 aliphatic heterocycles. The van der Waals surface area contributed by atoms with Gasteiger partial charge in [-0.25, -0.2) is 14.2 Å². The molecule has 12 heteroatoms. The molecule has 4 aromatic rings. The molecule has 0 saturated carbocycles. The van der Waals surface area contributed by atoms with Crippen LogP contribution < -0.4 is 10.2 Å². The Morgan fingerprint density at radius 3 is 2.76 bits per heavy atom. The predicted octanol–water partition coefficient (Wildman–Crippen LogP) is 4.30. The molecule has 3 aromatic heterocycles. The van der Waals surface area contributed by atoms with Crippen molar-refractivity contribution in [3.8, 4) is 11.4 Å². The van der Waals surface area contributed by atoms with Crippen LogP contribution in [0.25, 0.3) is 17.0 Å². The molecule has 198 valence electrons. The van der Waals surface area contributed by atoms with Gasteiger partial charge >= 0.3 is 12.1 Å². The molecule has 1 saturated heterocycles. The number of hydrogen-bond donors (Lipinski definition) is 2. The fourth-order valence-corrected chi connectivity index (χ4v) is 4.68. The maximum Gasteiger partial charge on any atom is 0.407 e. The zero-order valence-electron chi connectivity index (χ0n) is 21.5. The second-order valence-corrected chi connectivity index (χ2v) is 9.93. The minimum Gasteiger partial charge on any atom is -0.465 e. The van der Waals surface area contributed by atoms with Crippen molar-refractivity contribution < 1.29 is 23.6 Å². The highest BCUT2D eigenvalue weighted by atomic mass is 19.1. The van der Waals surface area contributed by atoms with Gasteiger partial charge in [-0.1, -0.05) is 25.1 Å². The summed E-state index contributed by atoms with van der Waals surface area (Å²) in [6.07, 6.45) is 2.21. The van der Waals surface area contributed by atoms with Gasteiger partial charge in [-0.15, -0.1) is 0 Å². The largest absolute Gasteiger partial charge is 0.465 e. The molecule has 2 N–H and O–H groups in total. The van der Waals surface area contributed by atoms with Gasteiger partial charge in [0.2, 0.25) is 5.82 Å². The van der Waals surface area contributed by atoms with E-state index >= 15 is 0 Å². The molecular weight excluding hydrogens is 493 g/mol. The highest BCUT2D eigenvalue weighted by Gasteiger charge is 2.44. The smallest absolute Gasteiger partial charge is 0.407 e. The van der Waals surface area contributed by atoms with Crippen molar-refractivity contribution in [2.75, 3.05) is 29.9 Å². The van der Waals surface area contributed by atoms with Crippen LogP contribution >= 0.6 is 0 Å². The van der Waals surface area contributed by atoms with Crippen LogP contribution in [0.15, 0.2) is 47.2 Å². The van der Waals surface area contributed by atoms with Gasteiger partial charge < -0.3 is 19.8 Å². The molecule has 0 aliphatic carbocycles. The number of imidazole rings is 1. The monoisotopic (exact) mass is 521 g/mol. The van der Waals surface area contributed by atoms with Crippen molar-refractivity contribution in [1.82, 2.24) is 24.4 Å². The van der Waals surface area contributed by atoms with Gasteiger partial charge in [0.1, 0.15) is 17.2 Å². The van der Waals surface area contributed by atoms with Crippen molar-refractivity contribution in [2.24, 2.45) is 5.92 Å². The van der Waals surface area contributed by atoms with E-state index in [9.17, 15) is 19.1 Å². The Morgan fingerprint density at radius 1 is 1.24 bits per heavy atom. The Hall–Kier alpha value is -4.48. The lowest BCUT2D eigenvalue weighted by atomic mass is 9.84. The number of carbonyl (C=O) groups is 2. The van der Waals surface area contributed by atoms with Crippen LogP contribution in [0.1, 0.15) is 36.8 Å². The van der Waals surface area contributed by atoms with E-state index in [1.54, 1.807) is 35.7 Å². The highest BCUT2D eigenvalue weighted by Crippen LogP contribution is 2.33. The van der Waals surface area contributed by atoms with Gasteiger partial charge in [-0.3, -0.25) is 14.1 Å². The molecule has 4 heterocycles. The lowest BCUT2D eigenvalue weighted by Crippen LogP contribution is -2.64. The molecule has 0 bridgehead atoms. The first-order valence-electron chi connectivity index (χ1n) is 12.2. The van der Waals surface area contributed by atoms with Gasteiger partial charge in [0.25, 0.3) is 5.91 Å². The molecule has 0 spiro atoms. The topological polar surface area (TPSA) is 129 Å². The van der Waals surface area contributed by atoms with E-state index < -0.39 is 23.4 Å². The van der Waals surface area contributed by atoms with Gasteiger partial charge in [-0.2, -0.15) is 4.98 Å². The summed E-state index contributed by atoms with van der Waals surface area (Å²) in [5.74, 6) is -0.795. The zero-order chi connectivity index (χ0) is 27.2. The SMILES string of the molecule is Cc1c(F)cc(-c2noc(N3CCN(C(=O)O)C(C)(C(C)C)C3)n2)cc1NC(=O)c1cnc2ccccn12. The summed E-state index contributed by atoms with van der Waals surface area (Å²) in [7, 11) is 0.